The third kappa shape index (κ3) is 7.72. The Labute approximate surface area is 165 Å². The van der Waals surface area contributed by atoms with E-state index in [9.17, 15) is 4.39 Å². The van der Waals surface area contributed by atoms with Crippen molar-refractivity contribution >= 4 is 29.9 Å². The molecule has 0 atom stereocenters. The molecular formula is C19H25FIN3O. The Kier molecular flexibility index (Phi) is 9.91. The summed E-state index contributed by atoms with van der Waals surface area (Å²) < 4.78 is 18.3. The molecule has 0 aliphatic carbocycles. The summed E-state index contributed by atoms with van der Waals surface area (Å²) in [6, 6.07) is 14.7. The molecule has 0 aliphatic rings. The number of hydrogen-bond donors (Lipinski definition) is 2. The highest BCUT2D eigenvalue weighted by molar-refractivity contribution is 14.0. The van der Waals surface area contributed by atoms with Crippen molar-refractivity contribution in [2.45, 2.75) is 12.8 Å². The summed E-state index contributed by atoms with van der Waals surface area (Å²) in [6.07, 6.45) is 1.64. The van der Waals surface area contributed by atoms with E-state index >= 15 is 0 Å². The summed E-state index contributed by atoms with van der Waals surface area (Å²) in [7, 11) is 3.40. The van der Waals surface area contributed by atoms with E-state index in [1.165, 1.54) is 11.6 Å². The second-order valence-electron chi connectivity index (χ2n) is 5.40. The molecule has 0 saturated carbocycles. The minimum atomic E-state index is -0.200. The van der Waals surface area contributed by atoms with Crippen molar-refractivity contribution in [2.24, 2.45) is 4.99 Å². The summed E-state index contributed by atoms with van der Waals surface area (Å²) in [5, 5.41) is 6.52. The SMILES string of the molecule is CN=C(NCCc1ccc(OC)cc1)NCCc1cccc(F)c1.I. The van der Waals surface area contributed by atoms with Gasteiger partial charge in [0.1, 0.15) is 11.6 Å². The number of methoxy groups -OCH3 is 1. The molecule has 0 spiro atoms. The van der Waals surface area contributed by atoms with Crippen LogP contribution in [0.3, 0.4) is 0 Å². The van der Waals surface area contributed by atoms with Crippen LogP contribution in [0.2, 0.25) is 0 Å². The Morgan fingerprint density at radius 2 is 1.64 bits per heavy atom. The van der Waals surface area contributed by atoms with Crippen molar-refractivity contribution < 1.29 is 9.13 Å². The van der Waals surface area contributed by atoms with E-state index in [4.69, 9.17) is 4.74 Å². The highest BCUT2D eigenvalue weighted by atomic mass is 127. The first-order valence-corrected chi connectivity index (χ1v) is 8.03. The quantitative estimate of drug-likeness (QED) is 0.381. The number of rotatable bonds is 7. The monoisotopic (exact) mass is 457 g/mol. The maximum atomic E-state index is 13.1. The van der Waals surface area contributed by atoms with E-state index in [0.717, 1.165) is 36.7 Å². The molecule has 0 heterocycles. The van der Waals surface area contributed by atoms with Crippen LogP contribution < -0.4 is 15.4 Å². The predicted octanol–water partition coefficient (Wildman–Crippen LogP) is 3.40. The Morgan fingerprint density at radius 1 is 1.00 bits per heavy atom. The molecule has 2 rings (SSSR count). The summed E-state index contributed by atoms with van der Waals surface area (Å²) in [6.45, 7) is 1.48. The third-order valence-electron chi connectivity index (χ3n) is 3.68. The highest BCUT2D eigenvalue weighted by Crippen LogP contribution is 2.11. The van der Waals surface area contributed by atoms with Gasteiger partial charge in [-0.05, 0) is 48.2 Å². The molecule has 2 aromatic carbocycles. The zero-order valence-electron chi connectivity index (χ0n) is 14.6. The van der Waals surface area contributed by atoms with Crippen LogP contribution in [0.5, 0.6) is 5.75 Å². The van der Waals surface area contributed by atoms with Gasteiger partial charge >= 0.3 is 0 Å². The first-order valence-electron chi connectivity index (χ1n) is 8.03. The van der Waals surface area contributed by atoms with Crippen LogP contribution in [0.15, 0.2) is 53.5 Å². The molecule has 4 nitrogen and oxygen atoms in total. The number of halogens is 2. The van der Waals surface area contributed by atoms with Gasteiger partial charge in [-0.25, -0.2) is 4.39 Å². The van der Waals surface area contributed by atoms with Crippen LogP contribution in [0.25, 0.3) is 0 Å². The molecule has 6 heteroatoms. The Balaban J connectivity index is 0.00000312. The predicted molar refractivity (Wildman–Crippen MR) is 112 cm³/mol. The van der Waals surface area contributed by atoms with E-state index in [1.807, 2.05) is 18.2 Å². The van der Waals surface area contributed by atoms with E-state index in [-0.39, 0.29) is 29.8 Å². The van der Waals surface area contributed by atoms with E-state index in [1.54, 1.807) is 26.3 Å². The minimum absolute atomic E-state index is 0. The lowest BCUT2D eigenvalue weighted by atomic mass is 10.1. The highest BCUT2D eigenvalue weighted by Gasteiger charge is 2.00. The van der Waals surface area contributed by atoms with Crippen molar-refractivity contribution in [3.05, 3.63) is 65.5 Å². The summed E-state index contributed by atoms with van der Waals surface area (Å²) in [5.41, 5.74) is 2.20. The summed E-state index contributed by atoms with van der Waals surface area (Å²) >= 11 is 0. The van der Waals surface area contributed by atoms with Crippen LogP contribution in [0.1, 0.15) is 11.1 Å². The van der Waals surface area contributed by atoms with Gasteiger partial charge in [0.15, 0.2) is 5.96 Å². The van der Waals surface area contributed by atoms with E-state index in [2.05, 4.69) is 27.8 Å². The van der Waals surface area contributed by atoms with Crippen molar-refractivity contribution in [3.8, 4) is 5.75 Å². The van der Waals surface area contributed by atoms with Gasteiger partial charge in [-0.1, -0.05) is 24.3 Å². The molecule has 0 amide bonds. The molecule has 2 N–H and O–H groups in total. The maximum absolute atomic E-state index is 13.1. The molecule has 0 saturated heterocycles. The van der Waals surface area contributed by atoms with Gasteiger partial charge in [0.05, 0.1) is 7.11 Å². The molecule has 25 heavy (non-hydrogen) atoms. The molecule has 2 aromatic rings. The lowest BCUT2D eigenvalue weighted by Gasteiger charge is -2.12. The lowest BCUT2D eigenvalue weighted by molar-refractivity contribution is 0.414. The zero-order chi connectivity index (χ0) is 17.2. The minimum Gasteiger partial charge on any atom is -0.497 e. The number of ether oxygens (including phenoxy) is 1. The van der Waals surface area contributed by atoms with Gasteiger partial charge in [-0.15, -0.1) is 24.0 Å². The zero-order valence-corrected chi connectivity index (χ0v) is 16.9. The van der Waals surface area contributed by atoms with Crippen molar-refractivity contribution in [3.63, 3.8) is 0 Å². The standard InChI is InChI=1S/C19H24FN3O.HI/c1-21-19(23-13-11-16-4-3-5-17(20)14-16)22-12-10-15-6-8-18(24-2)9-7-15;/h3-9,14H,10-13H2,1-2H3,(H2,21,22,23);1H. The van der Waals surface area contributed by atoms with Crippen molar-refractivity contribution in [1.82, 2.24) is 10.6 Å². The van der Waals surface area contributed by atoms with E-state index < -0.39 is 0 Å². The summed E-state index contributed by atoms with van der Waals surface area (Å²) in [4.78, 5) is 4.20. The lowest BCUT2D eigenvalue weighted by Crippen LogP contribution is -2.39. The van der Waals surface area contributed by atoms with Gasteiger partial charge in [0.25, 0.3) is 0 Å². The molecule has 0 radical (unpaired) electrons. The molecule has 0 aromatic heterocycles. The number of nitrogens with zero attached hydrogens (tertiary/aromatic N) is 1. The molecule has 0 fully saturated rings. The average Bonchev–Trinajstić information content (AvgIpc) is 2.61. The van der Waals surface area contributed by atoms with Crippen molar-refractivity contribution in [2.75, 3.05) is 27.2 Å². The van der Waals surface area contributed by atoms with Gasteiger partial charge in [-0.2, -0.15) is 0 Å². The van der Waals surface area contributed by atoms with E-state index in [0.29, 0.717) is 6.54 Å². The second kappa shape index (κ2) is 11.7. The molecular weight excluding hydrogens is 432 g/mol. The van der Waals surface area contributed by atoms with Crippen molar-refractivity contribution in [1.29, 1.82) is 0 Å². The molecule has 136 valence electrons. The van der Waals surface area contributed by atoms with Crippen LogP contribution in [-0.4, -0.2) is 33.2 Å². The first kappa shape index (κ1) is 21.2. The second-order valence-corrected chi connectivity index (χ2v) is 5.40. The smallest absolute Gasteiger partial charge is 0.190 e. The Hall–Kier alpha value is -1.83. The summed E-state index contributed by atoms with van der Waals surface area (Å²) in [5.74, 6) is 1.41. The number of benzene rings is 2. The van der Waals surface area contributed by atoms with Crippen LogP contribution >= 0.6 is 24.0 Å². The third-order valence-corrected chi connectivity index (χ3v) is 3.68. The first-order chi connectivity index (χ1) is 11.7. The fourth-order valence-corrected chi connectivity index (χ4v) is 2.36. The van der Waals surface area contributed by atoms with Gasteiger partial charge in [0, 0.05) is 20.1 Å². The molecule has 0 aliphatic heterocycles. The normalized spacial score (nSPS) is 10.8. The van der Waals surface area contributed by atoms with Gasteiger partial charge < -0.3 is 15.4 Å². The fourth-order valence-electron chi connectivity index (χ4n) is 2.36. The molecule has 0 unspecified atom stereocenters. The van der Waals surface area contributed by atoms with Crippen LogP contribution in [0.4, 0.5) is 4.39 Å². The van der Waals surface area contributed by atoms with Gasteiger partial charge in [-0.3, -0.25) is 4.99 Å². The number of nitrogens with one attached hydrogen (secondary N) is 2. The average molecular weight is 457 g/mol. The maximum Gasteiger partial charge on any atom is 0.190 e. The largest absolute Gasteiger partial charge is 0.497 e. The Bertz CT molecular complexity index is 662. The molecule has 0 bridgehead atoms. The van der Waals surface area contributed by atoms with Gasteiger partial charge in [0.2, 0.25) is 0 Å². The van der Waals surface area contributed by atoms with Crippen LogP contribution in [0, 0.1) is 5.82 Å². The topological polar surface area (TPSA) is 45.7 Å². The van der Waals surface area contributed by atoms with Crippen LogP contribution in [-0.2, 0) is 12.8 Å². The number of hydrogen-bond acceptors (Lipinski definition) is 2. The fraction of sp³-hybridized carbons (Fsp3) is 0.316. The number of guanidine groups is 1. The Morgan fingerprint density at radius 3 is 2.20 bits per heavy atom. The number of aliphatic imine (C=N–C) groups is 1.